The molecular formula is C26H31ClN2O2S. The van der Waals surface area contributed by atoms with Crippen LogP contribution in [0.4, 0.5) is 5.00 Å². The van der Waals surface area contributed by atoms with Gasteiger partial charge in [-0.3, -0.25) is 9.59 Å². The van der Waals surface area contributed by atoms with Gasteiger partial charge in [0.05, 0.1) is 5.56 Å². The third kappa shape index (κ3) is 7.81. The molecule has 0 fully saturated rings. The molecule has 2 aromatic rings. The fourth-order valence-corrected chi connectivity index (χ4v) is 5.15. The minimum absolute atomic E-state index is 0.126. The van der Waals surface area contributed by atoms with Crippen molar-refractivity contribution in [2.75, 3.05) is 12.4 Å². The van der Waals surface area contributed by atoms with Crippen molar-refractivity contribution in [1.29, 1.82) is 0 Å². The van der Waals surface area contributed by atoms with Crippen LogP contribution < -0.4 is 10.6 Å². The fraction of sp³-hybridized carbons (Fsp3) is 0.308. The molecule has 0 saturated heterocycles. The molecule has 0 spiro atoms. The van der Waals surface area contributed by atoms with E-state index < -0.39 is 0 Å². The highest BCUT2D eigenvalue weighted by atomic mass is 35.5. The predicted octanol–water partition coefficient (Wildman–Crippen LogP) is 6.59. The first-order valence-electron chi connectivity index (χ1n) is 10.7. The van der Waals surface area contributed by atoms with Gasteiger partial charge in [0, 0.05) is 23.9 Å². The maximum Gasteiger partial charge on any atom is 0.254 e. The molecule has 1 aliphatic carbocycles. The lowest BCUT2D eigenvalue weighted by atomic mass is 9.83. The molecule has 1 heterocycles. The second kappa shape index (κ2) is 13.0. The Morgan fingerprint density at radius 2 is 1.97 bits per heavy atom. The fourth-order valence-electron chi connectivity index (χ4n) is 3.60. The first-order valence-corrected chi connectivity index (χ1v) is 11.9. The van der Waals surface area contributed by atoms with Crippen LogP contribution in [0, 0.1) is 5.92 Å². The Kier molecular flexibility index (Phi) is 10.4. The molecule has 170 valence electrons. The highest BCUT2D eigenvalue weighted by Crippen LogP contribution is 2.41. The Labute approximate surface area is 200 Å². The Morgan fingerprint density at radius 3 is 2.53 bits per heavy atom. The number of allylic oxidation sites excluding steroid dienone is 5. The summed E-state index contributed by atoms with van der Waals surface area (Å²) in [6.07, 6.45) is 11.8. The van der Waals surface area contributed by atoms with Crippen LogP contribution in [-0.2, 0) is 17.6 Å². The second-order valence-electron chi connectivity index (χ2n) is 7.62. The summed E-state index contributed by atoms with van der Waals surface area (Å²) in [5, 5.41) is 6.97. The molecular weight excluding hydrogens is 440 g/mol. The third-order valence-electron chi connectivity index (χ3n) is 5.03. The molecule has 32 heavy (non-hydrogen) atoms. The topological polar surface area (TPSA) is 58.2 Å². The van der Waals surface area contributed by atoms with E-state index in [1.54, 1.807) is 7.05 Å². The molecule has 1 atom stereocenters. The van der Waals surface area contributed by atoms with Crippen molar-refractivity contribution in [1.82, 2.24) is 5.32 Å². The Bertz CT molecular complexity index is 993. The predicted molar refractivity (Wildman–Crippen MR) is 137 cm³/mol. The van der Waals surface area contributed by atoms with Gasteiger partial charge in [-0.1, -0.05) is 66.3 Å². The van der Waals surface area contributed by atoms with Crippen LogP contribution in [-0.4, -0.2) is 18.9 Å². The minimum atomic E-state index is -0.150. The van der Waals surface area contributed by atoms with Crippen molar-refractivity contribution in [3.63, 3.8) is 0 Å². The molecule has 2 amide bonds. The van der Waals surface area contributed by atoms with E-state index in [0.29, 0.717) is 16.5 Å². The number of halogens is 1. The van der Waals surface area contributed by atoms with Gasteiger partial charge in [0.25, 0.3) is 5.91 Å². The molecule has 0 radical (unpaired) electrons. The highest BCUT2D eigenvalue weighted by Gasteiger charge is 2.28. The number of nitrogens with one attached hydrogen (secondary N) is 2. The molecule has 1 aliphatic rings. The zero-order valence-corrected chi connectivity index (χ0v) is 20.5. The van der Waals surface area contributed by atoms with Gasteiger partial charge in [0.2, 0.25) is 5.91 Å². The number of hydrogen-bond acceptors (Lipinski definition) is 3. The number of rotatable bonds is 6. The van der Waals surface area contributed by atoms with Crippen LogP contribution in [0.25, 0.3) is 0 Å². The Morgan fingerprint density at radius 1 is 1.25 bits per heavy atom. The van der Waals surface area contributed by atoms with Crippen molar-refractivity contribution >= 4 is 39.8 Å². The van der Waals surface area contributed by atoms with Gasteiger partial charge in [-0.15, -0.1) is 11.3 Å². The molecule has 1 unspecified atom stereocenters. The lowest BCUT2D eigenvalue weighted by Gasteiger charge is -2.22. The van der Waals surface area contributed by atoms with Gasteiger partial charge in [-0.2, -0.15) is 0 Å². The number of hydrogen-bond donors (Lipinski definition) is 2. The second-order valence-corrected chi connectivity index (χ2v) is 9.16. The summed E-state index contributed by atoms with van der Waals surface area (Å²) in [6, 6.07) is 9.44. The van der Waals surface area contributed by atoms with Crippen LogP contribution in [0.5, 0.6) is 0 Å². The normalized spacial score (nSPS) is 15.1. The SMILES string of the molecule is C=C(/C=C\C=C/C)CC1CCc2c(sc(NC(C)=O)c2C(=O)NC)C1.Clc1ccccc1. The summed E-state index contributed by atoms with van der Waals surface area (Å²) in [4.78, 5) is 24.9. The van der Waals surface area contributed by atoms with Gasteiger partial charge in [-0.05, 0) is 56.2 Å². The summed E-state index contributed by atoms with van der Waals surface area (Å²) >= 11 is 7.07. The number of anilines is 1. The zero-order chi connectivity index (χ0) is 23.5. The summed E-state index contributed by atoms with van der Waals surface area (Å²) in [7, 11) is 1.62. The first-order chi connectivity index (χ1) is 15.3. The summed E-state index contributed by atoms with van der Waals surface area (Å²) in [5.41, 5.74) is 2.86. The van der Waals surface area contributed by atoms with E-state index in [-0.39, 0.29) is 11.8 Å². The number of benzene rings is 1. The van der Waals surface area contributed by atoms with Crippen molar-refractivity contribution in [3.05, 3.63) is 87.8 Å². The lowest BCUT2D eigenvalue weighted by Crippen LogP contribution is -2.22. The van der Waals surface area contributed by atoms with Crippen molar-refractivity contribution in [3.8, 4) is 0 Å². The summed E-state index contributed by atoms with van der Waals surface area (Å²) < 4.78 is 0. The van der Waals surface area contributed by atoms with Crippen LogP contribution >= 0.6 is 22.9 Å². The van der Waals surface area contributed by atoms with Gasteiger partial charge >= 0.3 is 0 Å². The maximum atomic E-state index is 12.3. The van der Waals surface area contributed by atoms with Gasteiger partial charge in [0.1, 0.15) is 5.00 Å². The molecule has 0 saturated carbocycles. The smallest absolute Gasteiger partial charge is 0.254 e. The minimum Gasteiger partial charge on any atom is -0.355 e. The van der Waals surface area contributed by atoms with Crippen LogP contribution in [0.2, 0.25) is 5.02 Å². The quantitative estimate of drug-likeness (QED) is 0.468. The van der Waals surface area contributed by atoms with E-state index in [1.165, 1.54) is 23.1 Å². The van der Waals surface area contributed by atoms with Crippen LogP contribution in [0.15, 0.2) is 66.8 Å². The molecule has 6 heteroatoms. The van der Waals surface area contributed by atoms with E-state index in [0.717, 1.165) is 41.8 Å². The number of fused-ring (bicyclic) bond motifs is 1. The van der Waals surface area contributed by atoms with Crippen molar-refractivity contribution < 1.29 is 9.59 Å². The Hall–Kier alpha value is -2.63. The molecule has 1 aromatic carbocycles. The first kappa shape index (κ1) is 25.6. The molecule has 2 N–H and O–H groups in total. The molecule has 4 nitrogen and oxygen atoms in total. The van der Waals surface area contributed by atoms with E-state index >= 15 is 0 Å². The van der Waals surface area contributed by atoms with Gasteiger partial charge in [-0.25, -0.2) is 0 Å². The molecule has 0 bridgehead atoms. The molecule has 0 aliphatic heterocycles. The van der Waals surface area contributed by atoms with Crippen LogP contribution in [0.3, 0.4) is 0 Å². The Balaban J connectivity index is 0.000000439. The van der Waals surface area contributed by atoms with Crippen molar-refractivity contribution in [2.45, 2.75) is 39.5 Å². The average Bonchev–Trinajstić information content (AvgIpc) is 3.10. The number of amides is 2. The van der Waals surface area contributed by atoms with E-state index in [2.05, 4.69) is 23.3 Å². The molecule has 3 rings (SSSR count). The van der Waals surface area contributed by atoms with Gasteiger partial charge in [0.15, 0.2) is 0 Å². The van der Waals surface area contributed by atoms with Crippen molar-refractivity contribution in [2.24, 2.45) is 5.92 Å². The average molecular weight is 471 g/mol. The number of carbonyl (C=O) groups is 2. The third-order valence-corrected chi connectivity index (χ3v) is 6.45. The monoisotopic (exact) mass is 470 g/mol. The molecule has 1 aromatic heterocycles. The standard InChI is InChI=1S/C20H26N2O2S.C6H5Cl/c1-5-6-7-8-13(2)11-15-9-10-16-17(12-15)25-20(22-14(3)23)18(16)19(24)21-4;7-6-4-2-1-3-5-6/h5-8,15H,2,9-12H2,1,3-4H3,(H,21,24)(H,22,23);1-5H/b6-5-,8-7-;. The van der Waals surface area contributed by atoms with Gasteiger partial charge < -0.3 is 10.6 Å². The summed E-state index contributed by atoms with van der Waals surface area (Å²) in [6.45, 7) is 7.60. The largest absolute Gasteiger partial charge is 0.355 e. The van der Waals surface area contributed by atoms with Crippen LogP contribution in [0.1, 0.15) is 47.5 Å². The van der Waals surface area contributed by atoms with E-state index in [1.807, 2.05) is 55.5 Å². The lowest BCUT2D eigenvalue weighted by molar-refractivity contribution is -0.114. The zero-order valence-electron chi connectivity index (χ0n) is 18.9. The summed E-state index contributed by atoms with van der Waals surface area (Å²) in [5.74, 6) is 0.248. The van der Waals surface area contributed by atoms with E-state index in [4.69, 9.17) is 11.6 Å². The van der Waals surface area contributed by atoms with E-state index in [9.17, 15) is 9.59 Å². The maximum absolute atomic E-state index is 12.3. The number of carbonyl (C=O) groups excluding carboxylic acids is 2. The number of thiophene rings is 1. The highest BCUT2D eigenvalue weighted by molar-refractivity contribution is 7.17.